The maximum Gasteiger partial charge on any atom is 0.489 e. The third-order valence-electron chi connectivity index (χ3n) is 2.18. The fraction of sp³-hybridized carbons (Fsp3) is 0. The van der Waals surface area contributed by atoms with Gasteiger partial charge in [-0.05, 0) is 28.5 Å². The summed E-state index contributed by atoms with van der Waals surface area (Å²) < 4.78 is 0. The molecule has 1 heterocycles. The molecule has 16 heavy (non-hydrogen) atoms. The molecule has 0 radical (unpaired) electrons. The van der Waals surface area contributed by atoms with Crippen LogP contribution in [-0.4, -0.2) is 17.2 Å². The molecule has 0 atom stereocenters. The SMILES string of the molecule is OB(O)c1csc(C=Cc2ccccc2)c1. The minimum Gasteiger partial charge on any atom is -0.423 e. The van der Waals surface area contributed by atoms with Crippen LogP contribution >= 0.6 is 11.3 Å². The second-order valence-electron chi connectivity index (χ2n) is 3.40. The Labute approximate surface area is 98.7 Å². The van der Waals surface area contributed by atoms with Crippen molar-refractivity contribution < 1.29 is 10.0 Å². The van der Waals surface area contributed by atoms with Crippen molar-refractivity contribution in [3.05, 3.63) is 52.2 Å². The van der Waals surface area contributed by atoms with Crippen molar-refractivity contribution in [2.75, 3.05) is 0 Å². The Kier molecular flexibility index (Phi) is 3.56. The summed E-state index contributed by atoms with van der Waals surface area (Å²) in [5, 5.41) is 19.7. The van der Waals surface area contributed by atoms with E-state index in [1.54, 1.807) is 11.4 Å². The second-order valence-corrected chi connectivity index (χ2v) is 4.34. The number of benzene rings is 1. The van der Waals surface area contributed by atoms with E-state index in [4.69, 9.17) is 10.0 Å². The van der Waals surface area contributed by atoms with Crippen LogP contribution in [0.1, 0.15) is 10.4 Å². The van der Waals surface area contributed by atoms with Crippen LogP contribution in [0.15, 0.2) is 41.8 Å². The lowest BCUT2D eigenvalue weighted by Gasteiger charge is -1.90. The predicted molar refractivity (Wildman–Crippen MR) is 69.5 cm³/mol. The molecule has 0 spiro atoms. The van der Waals surface area contributed by atoms with Crippen LogP contribution in [0, 0.1) is 0 Å². The molecule has 2 rings (SSSR count). The number of rotatable bonds is 3. The first-order valence-electron chi connectivity index (χ1n) is 4.93. The Morgan fingerprint density at radius 1 is 1.06 bits per heavy atom. The van der Waals surface area contributed by atoms with Gasteiger partial charge in [-0.2, -0.15) is 0 Å². The van der Waals surface area contributed by atoms with E-state index in [-0.39, 0.29) is 0 Å². The number of hydrogen-bond donors (Lipinski definition) is 2. The Hall–Kier alpha value is -1.36. The normalized spacial score (nSPS) is 10.9. The molecule has 2 N–H and O–H groups in total. The van der Waals surface area contributed by atoms with Crippen molar-refractivity contribution in [3.8, 4) is 0 Å². The average molecular weight is 230 g/mol. The molecule has 2 aromatic rings. The summed E-state index contributed by atoms with van der Waals surface area (Å²) in [6.07, 6.45) is 3.96. The molecule has 0 saturated carbocycles. The first-order valence-corrected chi connectivity index (χ1v) is 5.81. The van der Waals surface area contributed by atoms with Crippen LogP contribution < -0.4 is 5.46 Å². The van der Waals surface area contributed by atoms with Gasteiger partial charge in [0.15, 0.2) is 0 Å². The minimum atomic E-state index is -1.38. The van der Waals surface area contributed by atoms with Crippen molar-refractivity contribution in [2.45, 2.75) is 0 Å². The van der Waals surface area contributed by atoms with Crippen LogP contribution in [0.3, 0.4) is 0 Å². The van der Waals surface area contributed by atoms with E-state index >= 15 is 0 Å². The van der Waals surface area contributed by atoms with Crippen molar-refractivity contribution in [1.29, 1.82) is 0 Å². The van der Waals surface area contributed by atoms with Gasteiger partial charge in [0, 0.05) is 4.88 Å². The van der Waals surface area contributed by atoms with E-state index in [2.05, 4.69) is 0 Å². The van der Waals surface area contributed by atoms with Gasteiger partial charge in [-0.3, -0.25) is 0 Å². The molecule has 0 aliphatic heterocycles. The number of thiophene rings is 1. The molecule has 80 valence electrons. The van der Waals surface area contributed by atoms with E-state index < -0.39 is 7.12 Å². The lowest BCUT2D eigenvalue weighted by molar-refractivity contribution is 0.426. The van der Waals surface area contributed by atoms with Gasteiger partial charge in [-0.25, -0.2) is 0 Å². The topological polar surface area (TPSA) is 40.5 Å². The molecule has 1 aromatic carbocycles. The lowest BCUT2D eigenvalue weighted by atomic mass is 9.83. The van der Waals surface area contributed by atoms with Crippen LogP contribution in [-0.2, 0) is 0 Å². The molecule has 0 amide bonds. The highest BCUT2D eigenvalue weighted by molar-refractivity contribution is 7.12. The van der Waals surface area contributed by atoms with Gasteiger partial charge in [-0.1, -0.05) is 36.4 Å². The van der Waals surface area contributed by atoms with E-state index in [1.165, 1.54) is 11.3 Å². The van der Waals surface area contributed by atoms with E-state index in [9.17, 15) is 0 Å². The molecule has 4 heteroatoms. The molecule has 0 aliphatic carbocycles. The highest BCUT2D eigenvalue weighted by atomic mass is 32.1. The molecule has 0 bridgehead atoms. The first-order chi connectivity index (χ1) is 7.75. The number of hydrogen-bond acceptors (Lipinski definition) is 3. The summed E-state index contributed by atoms with van der Waals surface area (Å²) in [7, 11) is -1.38. The van der Waals surface area contributed by atoms with Gasteiger partial charge in [0.1, 0.15) is 0 Å². The smallest absolute Gasteiger partial charge is 0.423 e. The first kappa shape index (κ1) is 11.1. The van der Waals surface area contributed by atoms with E-state index in [0.717, 1.165) is 10.4 Å². The van der Waals surface area contributed by atoms with Gasteiger partial charge < -0.3 is 10.0 Å². The molecule has 1 aromatic heterocycles. The maximum absolute atomic E-state index is 8.96. The van der Waals surface area contributed by atoms with Crippen LogP contribution in [0.25, 0.3) is 12.2 Å². The second kappa shape index (κ2) is 5.12. The third-order valence-corrected chi connectivity index (χ3v) is 3.09. The lowest BCUT2D eigenvalue weighted by Crippen LogP contribution is -2.27. The molecule has 0 fully saturated rings. The molecule has 0 unspecified atom stereocenters. The highest BCUT2D eigenvalue weighted by Gasteiger charge is 2.11. The average Bonchev–Trinajstić information content (AvgIpc) is 2.76. The van der Waals surface area contributed by atoms with Gasteiger partial charge in [0.2, 0.25) is 0 Å². The maximum atomic E-state index is 8.96. The third kappa shape index (κ3) is 2.82. The van der Waals surface area contributed by atoms with Crippen molar-refractivity contribution >= 4 is 36.1 Å². The zero-order valence-corrected chi connectivity index (χ0v) is 9.39. The Balaban J connectivity index is 2.12. The quantitative estimate of drug-likeness (QED) is 0.786. The summed E-state index contributed by atoms with van der Waals surface area (Å²) in [6, 6.07) is 11.8. The van der Waals surface area contributed by atoms with Gasteiger partial charge in [0.25, 0.3) is 0 Å². The van der Waals surface area contributed by atoms with Gasteiger partial charge in [-0.15, -0.1) is 11.3 Å². The van der Waals surface area contributed by atoms with Gasteiger partial charge in [0.05, 0.1) is 0 Å². The van der Waals surface area contributed by atoms with E-state index in [1.807, 2.05) is 42.5 Å². The van der Waals surface area contributed by atoms with E-state index in [0.29, 0.717) is 5.46 Å². The fourth-order valence-electron chi connectivity index (χ4n) is 1.33. The van der Waals surface area contributed by atoms with Crippen LogP contribution in [0.2, 0.25) is 0 Å². The van der Waals surface area contributed by atoms with Crippen molar-refractivity contribution in [2.24, 2.45) is 0 Å². The summed E-state index contributed by atoms with van der Waals surface area (Å²) in [5.41, 5.74) is 1.67. The van der Waals surface area contributed by atoms with Crippen molar-refractivity contribution in [1.82, 2.24) is 0 Å². The highest BCUT2D eigenvalue weighted by Crippen LogP contribution is 2.12. The minimum absolute atomic E-state index is 0.540. The van der Waals surface area contributed by atoms with Crippen molar-refractivity contribution in [3.63, 3.8) is 0 Å². The monoisotopic (exact) mass is 230 g/mol. The zero-order valence-electron chi connectivity index (χ0n) is 8.58. The predicted octanol–water partition coefficient (Wildman–Crippen LogP) is 1.60. The molecule has 0 saturated heterocycles. The summed E-state index contributed by atoms with van der Waals surface area (Å²) >= 11 is 1.49. The van der Waals surface area contributed by atoms with Crippen LogP contribution in [0.5, 0.6) is 0 Å². The fourth-order valence-corrected chi connectivity index (χ4v) is 2.15. The van der Waals surface area contributed by atoms with Gasteiger partial charge >= 0.3 is 7.12 Å². The standard InChI is InChI=1S/C12H11BO2S/c14-13(15)11-8-12(16-9-11)7-6-10-4-2-1-3-5-10/h1-9,14-15H. The Morgan fingerprint density at radius 3 is 2.44 bits per heavy atom. The summed E-state index contributed by atoms with van der Waals surface area (Å²) in [4.78, 5) is 1.01. The summed E-state index contributed by atoms with van der Waals surface area (Å²) in [5.74, 6) is 0. The van der Waals surface area contributed by atoms with Crippen LogP contribution in [0.4, 0.5) is 0 Å². The Morgan fingerprint density at radius 2 is 1.81 bits per heavy atom. The summed E-state index contributed by atoms with van der Waals surface area (Å²) in [6.45, 7) is 0. The zero-order chi connectivity index (χ0) is 11.4. The molecule has 0 aliphatic rings. The largest absolute Gasteiger partial charge is 0.489 e. The molecule has 2 nitrogen and oxygen atoms in total. The Bertz CT molecular complexity index is 477. The molecular formula is C12H11BO2S. The molecular weight excluding hydrogens is 219 g/mol.